The van der Waals surface area contributed by atoms with Crippen LogP contribution in [0.2, 0.25) is 0 Å². The first kappa shape index (κ1) is 12.5. The van der Waals surface area contributed by atoms with Gasteiger partial charge in [-0.1, -0.05) is 0 Å². The van der Waals surface area contributed by atoms with E-state index in [4.69, 9.17) is 4.74 Å². The number of aromatic nitrogens is 1. The molecule has 15 heavy (non-hydrogen) atoms. The lowest BCUT2D eigenvalue weighted by molar-refractivity contribution is 0.0187. The highest BCUT2D eigenvalue weighted by Gasteiger charge is 2.04. The van der Waals surface area contributed by atoms with Gasteiger partial charge in [-0.05, 0) is 7.05 Å². The van der Waals surface area contributed by atoms with Gasteiger partial charge in [0.1, 0.15) is 6.61 Å². The Labute approximate surface area is 91.5 Å². The highest BCUT2D eigenvalue weighted by atomic mass is 32.1. The maximum absolute atomic E-state index is 11.7. The van der Waals surface area contributed by atoms with Crippen molar-refractivity contribution in [2.24, 2.45) is 0 Å². The Hall–Kier alpha value is -0.590. The summed E-state index contributed by atoms with van der Waals surface area (Å²) in [5.41, 5.74) is 0.978. The molecule has 1 heterocycles. The molecular weight excluding hydrogens is 222 g/mol. The van der Waals surface area contributed by atoms with E-state index in [0.717, 1.165) is 17.2 Å². The lowest BCUT2D eigenvalue weighted by Crippen LogP contribution is -2.07. The summed E-state index contributed by atoms with van der Waals surface area (Å²) < 4.78 is 28.2. The van der Waals surface area contributed by atoms with E-state index in [0.29, 0.717) is 13.0 Å². The molecule has 1 rings (SSSR count). The van der Waals surface area contributed by atoms with Gasteiger partial charge in [-0.2, -0.15) is 0 Å². The molecule has 3 nitrogen and oxygen atoms in total. The third kappa shape index (κ3) is 5.15. The molecule has 0 saturated carbocycles. The molecule has 0 aromatic carbocycles. The van der Waals surface area contributed by atoms with Crippen LogP contribution in [0.15, 0.2) is 5.38 Å². The number of nitrogens with one attached hydrogen (secondary N) is 1. The Morgan fingerprint density at radius 2 is 2.40 bits per heavy atom. The van der Waals surface area contributed by atoms with Crippen molar-refractivity contribution >= 4 is 11.3 Å². The molecule has 86 valence electrons. The summed E-state index contributed by atoms with van der Waals surface area (Å²) in [7, 11) is 1.85. The molecule has 0 atom stereocenters. The predicted molar refractivity (Wildman–Crippen MR) is 55.4 cm³/mol. The molecule has 0 saturated heterocycles. The summed E-state index contributed by atoms with van der Waals surface area (Å²) in [5, 5.41) is 5.88. The minimum atomic E-state index is -2.39. The molecule has 0 spiro atoms. The monoisotopic (exact) mass is 236 g/mol. The number of hydrogen-bond donors (Lipinski definition) is 1. The van der Waals surface area contributed by atoms with Crippen LogP contribution in [-0.4, -0.2) is 31.7 Å². The molecule has 1 N–H and O–H groups in total. The lowest BCUT2D eigenvalue weighted by atomic mass is 10.4. The number of hydrogen-bond acceptors (Lipinski definition) is 4. The summed E-state index contributed by atoms with van der Waals surface area (Å²) in [4.78, 5) is 4.31. The Bertz CT molecular complexity index is 281. The van der Waals surface area contributed by atoms with Gasteiger partial charge >= 0.3 is 0 Å². The third-order valence-electron chi connectivity index (χ3n) is 1.66. The van der Waals surface area contributed by atoms with Crippen LogP contribution in [0.25, 0.3) is 0 Å². The predicted octanol–water partition coefficient (Wildman–Crippen LogP) is 1.69. The molecule has 0 aliphatic heterocycles. The second-order valence-electron chi connectivity index (χ2n) is 2.98. The van der Waals surface area contributed by atoms with E-state index in [1.54, 1.807) is 0 Å². The van der Waals surface area contributed by atoms with Gasteiger partial charge < -0.3 is 10.1 Å². The largest absolute Gasteiger partial charge is 0.375 e. The lowest BCUT2D eigenvalue weighted by Gasteiger charge is -2.00. The minimum Gasteiger partial charge on any atom is -0.375 e. The fraction of sp³-hybridized carbons (Fsp3) is 0.667. The van der Waals surface area contributed by atoms with Gasteiger partial charge in [0.05, 0.1) is 17.3 Å². The number of thiazole rings is 1. The molecule has 6 heteroatoms. The maximum atomic E-state index is 11.7. The van der Waals surface area contributed by atoms with Gasteiger partial charge in [0, 0.05) is 18.3 Å². The first-order valence-corrected chi connectivity index (χ1v) is 5.54. The zero-order chi connectivity index (χ0) is 11.1. The van der Waals surface area contributed by atoms with Gasteiger partial charge in [-0.3, -0.25) is 0 Å². The van der Waals surface area contributed by atoms with Crippen molar-refractivity contribution in [2.75, 3.05) is 20.3 Å². The first-order valence-electron chi connectivity index (χ1n) is 4.66. The normalized spacial score (nSPS) is 11.2. The van der Waals surface area contributed by atoms with Crippen molar-refractivity contribution in [3.8, 4) is 0 Å². The fourth-order valence-electron chi connectivity index (χ4n) is 1.06. The molecule has 1 aromatic heterocycles. The van der Waals surface area contributed by atoms with E-state index < -0.39 is 13.0 Å². The van der Waals surface area contributed by atoms with Crippen molar-refractivity contribution in [1.82, 2.24) is 10.3 Å². The van der Waals surface area contributed by atoms with Gasteiger partial charge in [-0.15, -0.1) is 11.3 Å². The van der Waals surface area contributed by atoms with E-state index in [9.17, 15) is 8.78 Å². The van der Waals surface area contributed by atoms with Gasteiger partial charge in [0.15, 0.2) is 0 Å². The molecular formula is C9H14F2N2OS. The van der Waals surface area contributed by atoms with Crippen LogP contribution in [0.4, 0.5) is 8.78 Å². The molecule has 0 aliphatic rings. The molecule has 0 fully saturated rings. The zero-order valence-electron chi connectivity index (χ0n) is 8.50. The smallest absolute Gasteiger partial charge is 0.261 e. The Morgan fingerprint density at radius 3 is 3.07 bits per heavy atom. The number of ether oxygens (including phenoxy) is 1. The van der Waals surface area contributed by atoms with Gasteiger partial charge in [0.2, 0.25) is 0 Å². The number of halogens is 2. The van der Waals surface area contributed by atoms with Crippen LogP contribution >= 0.6 is 11.3 Å². The van der Waals surface area contributed by atoms with Crippen LogP contribution in [-0.2, 0) is 17.7 Å². The molecule has 1 aromatic rings. The number of rotatable bonds is 7. The number of alkyl halides is 2. The Kier molecular flexibility index (Phi) is 5.67. The summed E-state index contributed by atoms with van der Waals surface area (Å²) in [5.74, 6) is 0. The second kappa shape index (κ2) is 6.81. The van der Waals surface area contributed by atoms with E-state index in [1.807, 2.05) is 12.4 Å². The summed E-state index contributed by atoms with van der Waals surface area (Å²) >= 11 is 1.53. The highest BCUT2D eigenvalue weighted by molar-refractivity contribution is 7.09. The van der Waals surface area contributed by atoms with Crippen LogP contribution in [0.3, 0.4) is 0 Å². The molecule has 0 bridgehead atoms. The topological polar surface area (TPSA) is 34.1 Å². The minimum absolute atomic E-state index is 0.302. The third-order valence-corrected chi connectivity index (χ3v) is 2.62. The van der Waals surface area contributed by atoms with Crippen molar-refractivity contribution in [3.63, 3.8) is 0 Å². The SMILES string of the molecule is CNCc1csc(CCOCC(F)F)n1. The fourth-order valence-corrected chi connectivity index (χ4v) is 1.84. The van der Waals surface area contributed by atoms with E-state index in [2.05, 4.69) is 10.3 Å². The average Bonchev–Trinajstić information content (AvgIpc) is 2.61. The summed E-state index contributed by atoms with van der Waals surface area (Å²) in [6.07, 6.45) is -1.79. The Balaban J connectivity index is 2.19. The second-order valence-corrected chi connectivity index (χ2v) is 3.92. The number of nitrogens with zero attached hydrogens (tertiary/aromatic N) is 1. The summed E-state index contributed by atoms with van der Waals surface area (Å²) in [6, 6.07) is 0. The molecule has 0 unspecified atom stereocenters. The summed E-state index contributed by atoms with van der Waals surface area (Å²) in [6.45, 7) is 0.542. The highest BCUT2D eigenvalue weighted by Crippen LogP contribution is 2.10. The zero-order valence-corrected chi connectivity index (χ0v) is 9.32. The first-order chi connectivity index (χ1) is 7.22. The molecule has 0 aliphatic carbocycles. The molecule has 0 radical (unpaired) electrons. The van der Waals surface area contributed by atoms with Crippen LogP contribution in [0.1, 0.15) is 10.7 Å². The van der Waals surface area contributed by atoms with E-state index in [-0.39, 0.29) is 0 Å². The van der Waals surface area contributed by atoms with Crippen molar-refractivity contribution in [3.05, 3.63) is 16.1 Å². The van der Waals surface area contributed by atoms with Crippen molar-refractivity contribution in [2.45, 2.75) is 19.4 Å². The van der Waals surface area contributed by atoms with Crippen LogP contribution in [0, 0.1) is 0 Å². The molecule has 0 amide bonds. The van der Waals surface area contributed by atoms with Crippen molar-refractivity contribution in [1.29, 1.82) is 0 Å². The standard InChI is InChI=1S/C9H14F2N2OS/c1-12-4-7-6-15-9(13-7)2-3-14-5-8(10)11/h6,8,12H,2-5H2,1H3. The van der Waals surface area contributed by atoms with E-state index >= 15 is 0 Å². The van der Waals surface area contributed by atoms with Crippen molar-refractivity contribution < 1.29 is 13.5 Å². The van der Waals surface area contributed by atoms with Crippen LogP contribution in [0.5, 0.6) is 0 Å². The van der Waals surface area contributed by atoms with Crippen LogP contribution < -0.4 is 5.32 Å². The van der Waals surface area contributed by atoms with Gasteiger partial charge in [0.25, 0.3) is 6.43 Å². The Morgan fingerprint density at radius 1 is 1.60 bits per heavy atom. The van der Waals surface area contributed by atoms with Gasteiger partial charge in [-0.25, -0.2) is 13.8 Å². The quantitative estimate of drug-likeness (QED) is 0.731. The maximum Gasteiger partial charge on any atom is 0.261 e. The van der Waals surface area contributed by atoms with E-state index in [1.165, 1.54) is 11.3 Å². The average molecular weight is 236 g/mol.